The molecule has 1 aromatic heterocycles. The molecule has 0 aliphatic rings. The molecular formula is C12H17N5O2S. The third kappa shape index (κ3) is 3.55. The molecule has 0 fully saturated rings. The molecule has 0 radical (unpaired) electrons. The first-order valence-electron chi connectivity index (χ1n) is 6.19. The minimum atomic E-state index is -3.47. The van der Waals surface area contributed by atoms with Crippen molar-refractivity contribution in [3.63, 3.8) is 0 Å². The van der Waals surface area contributed by atoms with Gasteiger partial charge >= 0.3 is 0 Å². The predicted octanol–water partition coefficient (Wildman–Crippen LogP) is 0.500. The Labute approximate surface area is 117 Å². The first-order valence-corrected chi connectivity index (χ1v) is 7.84. The SMILES string of the molecule is CCn1cnnc1CNS(=O)(=O)Cc1ccccc1N. The lowest BCUT2D eigenvalue weighted by molar-refractivity contribution is 0.574. The fourth-order valence-electron chi connectivity index (χ4n) is 1.78. The van der Waals surface area contributed by atoms with Crippen molar-refractivity contribution in [3.8, 4) is 0 Å². The smallest absolute Gasteiger partial charge is 0.216 e. The highest BCUT2D eigenvalue weighted by atomic mass is 32.2. The summed E-state index contributed by atoms with van der Waals surface area (Å²) in [6.45, 7) is 2.74. The van der Waals surface area contributed by atoms with E-state index in [1.807, 2.05) is 6.92 Å². The van der Waals surface area contributed by atoms with Gasteiger partial charge in [-0.15, -0.1) is 10.2 Å². The molecule has 7 nitrogen and oxygen atoms in total. The average Bonchev–Trinajstić information content (AvgIpc) is 2.86. The maximum Gasteiger partial charge on any atom is 0.216 e. The van der Waals surface area contributed by atoms with E-state index in [4.69, 9.17) is 5.73 Å². The van der Waals surface area contributed by atoms with Crippen LogP contribution in [-0.4, -0.2) is 23.2 Å². The normalized spacial score (nSPS) is 11.7. The molecule has 0 aliphatic heterocycles. The van der Waals surface area contributed by atoms with Gasteiger partial charge in [0.25, 0.3) is 0 Å². The molecule has 0 aliphatic carbocycles. The molecule has 0 atom stereocenters. The van der Waals surface area contributed by atoms with Crippen LogP contribution in [0.15, 0.2) is 30.6 Å². The number of nitrogen functional groups attached to an aromatic ring is 1. The zero-order valence-corrected chi connectivity index (χ0v) is 12.0. The van der Waals surface area contributed by atoms with E-state index in [1.54, 1.807) is 35.2 Å². The number of anilines is 1. The van der Waals surface area contributed by atoms with Gasteiger partial charge in [0, 0.05) is 12.2 Å². The van der Waals surface area contributed by atoms with Gasteiger partial charge < -0.3 is 10.3 Å². The molecule has 0 unspecified atom stereocenters. The predicted molar refractivity (Wildman–Crippen MR) is 76.0 cm³/mol. The van der Waals surface area contributed by atoms with E-state index < -0.39 is 10.0 Å². The molecule has 3 N–H and O–H groups in total. The molecule has 108 valence electrons. The van der Waals surface area contributed by atoms with Crippen LogP contribution in [0.3, 0.4) is 0 Å². The maximum atomic E-state index is 12.0. The van der Waals surface area contributed by atoms with E-state index >= 15 is 0 Å². The van der Waals surface area contributed by atoms with Gasteiger partial charge in [0.2, 0.25) is 10.0 Å². The molecule has 2 aromatic rings. The number of aryl methyl sites for hydroxylation is 1. The highest BCUT2D eigenvalue weighted by Gasteiger charge is 2.14. The Hall–Kier alpha value is -1.93. The molecule has 20 heavy (non-hydrogen) atoms. The second-order valence-corrected chi connectivity index (χ2v) is 6.12. The standard InChI is InChI=1S/C12H17N5O2S/c1-2-17-9-14-16-12(17)7-15-20(18,19)8-10-5-3-4-6-11(10)13/h3-6,9,15H,2,7-8,13H2,1H3. The van der Waals surface area contributed by atoms with Crippen molar-refractivity contribution >= 4 is 15.7 Å². The van der Waals surface area contributed by atoms with E-state index in [1.165, 1.54) is 0 Å². The molecular weight excluding hydrogens is 278 g/mol. The van der Waals surface area contributed by atoms with Crippen molar-refractivity contribution in [1.82, 2.24) is 19.5 Å². The minimum absolute atomic E-state index is 0.114. The van der Waals surface area contributed by atoms with Crippen LogP contribution in [0.1, 0.15) is 18.3 Å². The van der Waals surface area contributed by atoms with Crippen LogP contribution in [0, 0.1) is 0 Å². The largest absolute Gasteiger partial charge is 0.398 e. The Kier molecular flexibility index (Phi) is 4.35. The zero-order chi connectivity index (χ0) is 14.6. The summed E-state index contributed by atoms with van der Waals surface area (Å²) in [5.41, 5.74) is 6.79. The van der Waals surface area contributed by atoms with E-state index in [9.17, 15) is 8.42 Å². The Morgan fingerprint density at radius 2 is 2.10 bits per heavy atom. The zero-order valence-electron chi connectivity index (χ0n) is 11.2. The summed E-state index contributed by atoms with van der Waals surface area (Å²) in [5, 5.41) is 7.63. The third-order valence-electron chi connectivity index (χ3n) is 2.89. The quantitative estimate of drug-likeness (QED) is 0.755. The lowest BCUT2D eigenvalue weighted by Crippen LogP contribution is -2.26. The summed E-state index contributed by atoms with van der Waals surface area (Å²) in [6.07, 6.45) is 1.57. The Balaban J connectivity index is 2.03. The first-order chi connectivity index (χ1) is 9.52. The fourth-order valence-corrected chi connectivity index (χ4v) is 2.90. The summed E-state index contributed by atoms with van der Waals surface area (Å²) in [4.78, 5) is 0. The number of hydrogen-bond donors (Lipinski definition) is 2. The monoisotopic (exact) mass is 295 g/mol. The molecule has 0 amide bonds. The van der Waals surface area contributed by atoms with Gasteiger partial charge in [-0.3, -0.25) is 0 Å². The first kappa shape index (κ1) is 14.5. The van der Waals surface area contributed by atoms with Gasteiger partial charge in [0.05, 0.1) is 12.3 Å². The van der Waals surface area contributed by atoms with Crippen molar-refractivity contribution in [2.45, 2.75) is 25.8 Å². The number of nitrogens with one attached hydrogen (secondary N) is 1. The molecule has 0 saturated heterocycles. The van der Waals surface area contributed by atoms with E-state index in [0.29, 0.717) is 23.6 Å². The van der Waals surface area contributed by atoms with Crippen LogP contribution in [0.4, 0.5) is 5.69 Å². The Bertz CT molecular complexity index is 681. The maximum absolute atomic E-state index is 12.0. The Morgan fingerprint density at radius 3 is 2.80 bits per heavy atom. The number of benzene rings is 1. The van der Waals surface area contributed by atoms with Crippen LogP contribution < -0.4 is 10.5 Å². The van der Waals surface area contributed by atoms with E-state index in [0.717, 1.165) is 0 Å². The lowest BCUT2D eigenvalue weighted by Gasteiger charge is -2.08. The molecule has 0 saturated carbocycles. The molecule has 1 aromatic carbocycles. The molecule has 2 rings (SSSR count). The number of aromatic nitrogens is 3. The van der Waals surface area contributed by atoms with Gasteiger partial charge in [0.15, 0.2) is 0 Å². The number of rotatable bonds is 6. The molecule has 1 heterocycles. The third-order valence-corrected chi connectivity index (χ3v) is 4.16. The summed E-state index contributed by atoms with van der Waals surface area (Å²) >= 11 is 0. The van der Waals surface area contributed by atoms with Crippen molar-refractivity contribution < 1.29 is 8.42 Å². The fraction of sp³-hybridized carbons (Fsp3) is 0.333. The Morgan fingerprint density at radius 1 is 1.35 bits per heavy atom. The minimum Gasteiger partial charge on any atom is -0.398 e. The van der Waals surface area contributed by atoms with Crippen LogP contribution in [0.25, 0.3) is 0 Å². The number of sulfonamides is 1. The number of para-hydroxylation sites is 1. The highest BCUT2D eigenvalue weighted by molar-refractivity contribution is 7.88. The average molecular weight is 295 g/mol. The van der Waals surface area contributed by atoms with Crippen molar-refractivity contribution in [1.29, 1.82) is 0 Å². The number of hydrogen-bond acceptors (Lipinski definition) is 5. The van der Waals surface area contributed by atoms with E-state index in [2.05, 4.69) is 14.9 Å². The highest BCUT2D eigenvalue weighted by Crippen LogP contribution is 2.13. The van der Waals surface area contributed by atoms with Crippen LogP contribution in [0.5, 0.6) is 0 Å². The summed E-state index contributed by atoms with van der Waals surface area (Å²) in [5.74, 6) is 0.428. The van der Waals surface area contributed by atoms with Gasteiger partial charge in [-0.05, 0) is 18.6 Å². The van der Waals surface area contributed by atoms with Gasteiger partial charge in [-0.2, -0.15) is 0 Å². The number of nitrogens with zero attached hydrogens (tertiary/aromatic N) is 3. The summed E-state index contributed by atoms with van der Waals surface area (Å²) in [7, 11) is -3.47. The van der Waals surface area contributed by atoms with Gasteiger partial charge in [-0.25, -0.2) is 13.1 Å². The second-order valence-electron chi connectivity index (χ2n) is 4.31. The van der Waals surface area contributed by atoms with Gasteiger partial charge in [-0.1, -0.05) is 18.2 Å². The molecule has 0 spiro atoms. The number of nitrogens with two attached hydrogens (primary N) is 1. The van der Waals surface area contributed by atoms with Crippen molar-refractivity contribution in [2.75, 3.05) is 5.73 Å². The summed E-state index contributed by atoms with van der Waals surface area (Å²) < 4.78 is 28.3. The van der Waals surface area contributed by atoms with Crippen LogP contribution in [0.2, 0.25) is 0 Å². The lowest BCUT2D eigenvalue weighted by atomic mass is 10.2. The van der Waals surface area contributed by atoms with E-state index in [-0.39, 0.29) is 12.3 Å². The van der Waals surface area contributed by atoms with Crippen molar-refractivity contribution in [2.24, 2.45) is 0 Å². The molecule has 0 bridgehead atoms. The van der Waals surface area contributed by atoms with Crippen LogP contribution >= 0.6 is 0 Å². The summed E-state index contributed by atoms with van der Waals surface area (Å²) in [6, 6.07) is 6.90. The van der Waals surface area contributed by atoms with Crippen LogP contribution in [-0.2, 0) is 28.9 Å². The topological polar surface area (TPSA) is 103 Å². The van der Waals surface area contributed by atoms with Gasteiger partial charge in [0.1, 0.15) is 12.2 Å². The van der Waals surface area contributed by atoms with Crippen molar-refractivity contribution in [3.05, 3.63) is 42.0 Å². The second kappa shape index (κ2) is 6.02. The molecule has 8 heteroatoms.